The van der Waals surface area contributed by atoms with Gasteiger partial charge in [0, 0.05) is 10.9 Å². The molecule has 5 heteroatoms. The Kier molecular flexibility index (Phi) is 5.88. The summed E-state index contributed by atoms with van der Waals surface area (Å²) in [5, 5.41) is 12.3. The van der Waals surface area contributed by atoms with Gasteiger partial charge >= 0.3 is 0 Å². The normalized spacial score (nSPS) is 11.0. The van der Waals surface area contributed by atoms with Crippen molar-refractivity contribution < 1.29 is 9.47 Å². The molecule has 3 aromatic carbocycles. The summed E-state index contributed by atoms with van der Waals surface area (Å²) in [5.74, 6) is 2.28. The highest BCUT2D eigenvalue weighted by molar-refractivity contribution is 7.11. The molecule has 30 heavy (non-hydrogen) atoms. The average Bonchev–Trinajstić information content (AvgIpc) is 3.28. The van der Waals surface area contributed by atoms with E-state index >= 15 is 0 Å². The third-order valence-electron chi connectivity index (χ3n) is 4.39. The lowest BCUT2D eigenvalue weighted by atomic mass is 10.1. The predicted octanol–water partition coefficient (Wildman–Crippen LogP) is 6.68. The molecule has 0 N–H and O–H groups in total. The Hall–Kier alpha value is -3.88. The molecule has 146 valence electrons. The van der Waals surface area contributed by atoms with Gasteiger partial charge in [-0.25, -0.2) is 4.98 Å². The van der Waals surface area contributed by atoms with Crippen LogP contribution < -0.4 is 9.47 Å². The molecule has 0 amide bonds. The van der Waals surface area contributed by atoms with Gasteiger partial charge in [0.05, 0.1) is 18.4 Å². The third kappa shape index (κ3) is 4.57. The van der Waals surface area contributed by atoms with Gasteiger partial charge in [0.15, 0.2) is 0 Å². The molecule has 0 spiro atoms. The van der Waals surface area contributed by atoms with Crippen molar-refractivity contribution in [3.63, 3.8) is 0 Å². The highest BCUT2D eigenvalue weighted by Gasteiger charge is 2.10. The second-order valence-electron chi connectivity index (χ2n) is 6.42. The fourth-order valence-electron chi connectivity index (χ4n) is 2.89. The molecule has 1 aromatic heterocycles. The monoisotopic (exact) mass is 410 g/mol. The van der Waals surface area contributed by atoms with Gasteiger partial charge < -0.3 is 9.47 Å². The minimum atomic E-state index is 0.511. The Morgan fingerprint density at radius 2 is 1.70 bits per heavy atom. The van der Waals surface area contributed by atoms with Crippen LogP contribution in [-0.2, 0) is 0 Å². The van der Waals surface area contributed by atoms with Gasteiger partial charge in [-0.3, -0.25) is 0 Å². The van der Waals surface area contributed by atoms with E-state index in [9.17, 15) is 5.26 Å². The van der Waals surface area contributed by atoms with Crippen molar-refractivity contribution in [3.8, 4) is 34.6 Å². The SMILES string of the molecule is COc1ccc(-c2csc(/C(C#N)=C\c3cccc(Oc4ccccc4)c3)n2)cc1. The number of ether oxygens (including phenoxy) is 2. The van der Waals surface area contributed by atoms with E-state index in [1.807, 2.05) is 90.3 Å². The first kappa shape index (κ1) is 19.4. The van der Waals surface area contributed by atoms with Crippen molar-refractivity contribution in [2.45, 2.75) is 0 Å². The van der Waals surface area contributed by atoms with E-state index in [2.05, 4.69) is 11.1 Å². The molecule has 0 saturated carbocycles. The minimum absolute atomic E-state index is 0.511. The van der Waals surface area contributed by atoms with E-state index < -0.39 is 0 Å². The van der Waals surface area contributed by atoms with E-state index in [1.54, 1.807) is 7.11 Å². The Labute approximate surface area is 179 Å². The molecule has 0 saturated heterocycles. The van der Waals surface area contributed by atoms with Crippen LogP contribution in [0.5, 0.6) is 17.2 Å². The lowest BCUT2D eigenvalue weighted by Crippen LogP contribution is -1.86. The van der Waals surface area contributed by atoms with Gasteiger partial charge in [-0.1, -0.05) is 30.3 Å². The maximum absolute atomic E-state index is 9.69. The van der Waals surface area contributed by atoms with Crippen molar-refractivity contribution in [2.75, 3.05) is 7.11 Å². The first-order valence-electron chi connectivity index (χ1n) is 9.30. The topological polar surface area (TPSA) is 55.1 Å². The van der Waals surface area contributed by atoms with Crippen molar-refractivity contribution in [3.05, 3.63) is 94.8 Å². The number of nitrogens with zero attached hydrogens (tertiary/aromatic N) is 2. The maximum atomic E-state index is 9.69. The van der Waals surface area contributed by atoms with E-state index in [0.717, 1.165) is 28.3 Å². The Bertz CT molecular complexity index is 1210. The molecule has 0 aliphatic carbocycles. The molecule has 0 aliphatic rings. The number of methoxy groups -OCH3 is 1. The second-order valence-corrected chi connectivity index (χ2v) is 7.28. The summed E-state index contributed by atoms with van der Waals surface area (Å²) in [4.78, 5) is 4.65. The number of rotatable bonds is 6. The molecule has 4 nitrogen and oxygen atoms in total. The molecule has 1 heterocycles. The minimum Gasteiger partial charge on any atom is -0.497 e. The number of hydrogen-bond donors (Lipinski definition) is 0. The van der Waals surface area contributed by atoms with Gasteiger partial charge in [0.1, 0.15) is 28.3 Å². The summed E-state index contributed by atoms with van der Waals surface area (Å²) in [5.41, 5.74) is 3.20. The van der Waals surface area contributed by atoms with Crippen LogP contribution in [0, 0.1) is 11.3 Å². The Morgan fingerprint density at radius 3 is 2.43 bits per heavy atom. The third-order valence-corrected chi connectivity index (χ3v) is 5.26. The number of nitriles is 1. The summed E-state index contributed by atoms with van der Waals surface area (Å²) in [6.07, 6.45) is 1.83. The second kappa shape index (κ2) is 9.08. The molecular weight excluding hydrogens is 392 g/mol. The lowest BCUT2D eigenvalue weighted by molar-refractivity contribution is 0.415. The molecule has 0 fully saturated rings. The zero-order chi connectivity index (χ0) is 20.8. The molecule has 0 atom stereocenters. The van der Waals surface area contributed by atoms with E-state index in [-0.39, 0.29) is 0 Å². The van der Waals surface area contributed by atoms with Crippen LogP contribution in [0.15, 0.2) is 84.2 Å². The summed E-state index contributed by atoms with van der Waals surface area (Å²) >= 11 is 1.45. The summed E-state index contributed by atoms with van der Waals surface area (Å²) in [7, 11) is 1.64. The molecule has 0 radical (unpaired) electrons. The molecular formula is C25H18N2O2S. The Balaban J connectivity index is 1.57. The molecule has 4 rings (SSSR count). The predicted molar refractivity (Wildman–Crippen MR) is 121 cm³/mol. The zero-order valence-corrected chi connectivity index (χ0v) is 17.1. The van der Waals surface area contributed by atoms with Gasteiger partial charge in [-0.2, -0.15) is 5.26 Å². The van der Waals surface area contributed by atoms with E-state index in [0.29, 0.717) is 16.3 Å². The highest BCUT2D eigenvalue weighted by atomic mass is 32.1. The number of thiazole rings is 1. The molecule has 0 bridgehead atoms. The van der Waals surface area contributed by atoms with Crippen LogP contribution in [0.4, 0.5) is 0 Å². The summed E-state index contributed by atoms with van der Waals surface area (Å²) in [6.45, 7) is 0. The van der Waals surface area contributed by atoms with Crippen LogP contribution >= 0.6 is 11.3 Å². The largest absolute Gasteiger partial charge is 0.497 e. The van der Waals surface area contributed by atoms with Crippen molar-refractivity contribution in [2.24, 2.45) is 0 Å². The van der Waals surface area contributed by atoms with Crippen LogP contribution in [0.2, 0.25) is 0 Å². The number of para-hydroxylation sites is 1. The lowest BCUT2D eigenvalue weighted by Gasteiger charge is -2.06. The van der Waals surface area contributed by atoms with Crippen LogP contribution in [0.3, 0.4) is 0 Å². The summed E-state index contributed by atoms with van der Waals surface area (Å²) < 4.78 is 11.1. The fourth-order valence-corrected chi connectivity index (χ4v) is 3.69. The fraction of sp³-hybridized carbons (Fsp3) is 0.0400. The smallest absolute Gasteiger partial charge is 0.134 e. The van der Waals surface area contributed by atoms with E-state index in [1.165, 1.54) is 11.3 Å². The van der Waals surface area contributed by atoms with Crippen molar-refractivity contribution in [1.29, 1.82) is 5.26 Å². The molecule has 0 unspecified atom stereocenters. The first-order valence-corrected chi connectivity index (χ1v) is 10.2. The standard InChI is InChI=1S/C25H18N2O2S/c1-28-21-12-10-19(11-13-21)24-17-30-25(27-24)20(16-26)14-18-6-5-9-23(15-18)29-22-7-3-2-4-8-22/h2-15,17H,1H3/b20-14-. The quantitative estimate of drug-likeness (QED) is 0.333. The Morgan fingerprint density at radius 1 is 0.933 bits per heavy atom. The van der Waals surface area contributed by atoms with Crippen LogP contribution in [0.1, 0.15) is 10.6 Å². The number of aromatic nitrogens is 1. The van der Waals surface area contributed by atoms with Gasteiger partial charge in [0.2, 0.25) is 0 Å². The zero-order valence-electron chi connectivity index (χ0n) is 16.3. The van der Waals surface area contributed by atoms with Gasteiger partial charge in [-0.05, 0) is 60.2 Å². The van der Waals surface area contributed by atoms with Crippen molar-refractivity contribution >= 4 is 23.0 Å². The molecule has 4 aromatic rings. The average molecular weight is 410 g/mol. The van der Waals surface area contributed by atoms with Gasteiger partial charge in [0.25, 0.3) is 0 Å². The van der Waals surface area contributed by atoms with Crippen LogP contribution in [-0.4, -0.2) is 12.1 Å². The highest BCUT2D eigenvalue weighted by Crippen LogP contribution is 2.29. The van der Waals surface area contributed by atoms with E-state index in [4.69, 9.17) is 9.47 Å². The van der Waals surface area contributed by atoms with Crippen LogP contribution in [0.25, 0.3) is 22.9 Å². The maximum Gasteiger partial charge on any atom is 0.134 e. The first-order chi connectivity index (χ1) is 14.7. The number of allylic oxidation sites excluding steroid dienone is 1. The molecule has 0 aliphatic heterocycles. The number of hydrogen-bond acceptors (Lipinski definition) is 5. The summed E-state index contributed by atoms with van der Waals surface area (Å²) in [6, 6.07) is 27.2. The number of benzene rings is 3. The van der Waals surface area contributed by atoms with Crippen molar-refractivity contribution in [1.82, 2.24) is 4.98 Å². The van der Waals surface area contributed by atoms with Gasteiger partial charge in [-0.15, -0.1) is 11.3 Å².